The van der Waals surface area contributed by atoms with E-state index >= 15 is 0 Å². The van der Waals surface area contributed by atoms with Crippen LogP contribution in [0, 0.1) is 17.8 Å². The molecule has 0 bridgehead atoms. The summed E-state index contributed by atoms with van der Waals surface area (Å²) >= 11 is 0. The Bertz CT molecular complexity index is 167. The lowest BCUT2D eigenvalue weighted by atomic mass is 10.1. The van der Waals surface area contributed by atoms with E-state index in [2.05, 4.69) is 11.8 Å². The van der Waals surface area contributed by atoms with Crippen molar-refractivity contribution >= 4 is 0 Å². The summed E-state index contributed by atoms with van der Waals surface area (Å²) in [6.45, 7) is 3.98. The van der Waals surface area contributed by atoms with Crippen LogP contribution in [-0.4, -0.2) is 12.7 Å². The molecule has 1 rings (SSSR count). The van der Waals surface area contributed by atoms with E-state index in [1.807, 2.05) is 13.8 Å². The van der Waals surface area contributed by atoms with Gasteiger partial charge in [-0.2, -0.15) is 0 Å². The Kier molecular flexibility index (Phi) is 2.01. The fourth-order valence-corrected chi connectivity index (χ4v) is 0.555. The molecule has 56 valence electrons. The monoisotopic (exact) mass is 138 g/mol. The van der Waals surface area contributed by atoms with Crippen LogP contribution in [0.3, 0.4) is 0 Å². The minimum Gasteiger partial charge on any atom is -0.366 e. The first kappa shape index (κ1) is 7.63. The molecular formula is C9H14O. The predicted molar refractivity (Wildman–Crippen MR) is 41.6 cm³/mol. The Morgan fingerprint density at radius 3 is 2.40 bits per heavy atom. The summed E-state index contributed by atoms with van der Waals surface area (Å²) in [5.74, 6) is 6.95. The highest BCUT2D eigenvalue weighted by atomic mass is 16.5. The molecule has 0 heterocycles. The van der Waals surface area contributed by atoms with Crippen molar-refractivity contribution in [1.29, 1.82) is 0 Å². The predicted octanol–water partition coefficient (Wildman–Crippen LogP) is 1.82. The van der Waals surface area contributed by atoms with E-state index in [4.69, 9.17) is 4.74 Å². The number of methoxy groups -OCH3 is 1. The first-order chi connectivity index (χ1) is 4.64. The number of ether oxygens (including phenoxy) is 1. The Morgan fingerprint density at radius 1 is 1.40 bits per heavy atom. The van der Waals surface area contributed by atoms with Crippen LogP contribution in [0.1, 0.15) is 26.7 Å². The van der Waals surface area contributed by atoms with Gasteiger partial charge in [0, 0.05) is 13.0 Å². The Morgan fingerprint density at radius 2 is 2.00 bits per heavy atom. The molecule has 0 saturated heterocycles. The largest absolute Gasteiger partial charge is 0.366 e. The Labute approximate surface area is 62.8 Å². The molecule has 0 radical (unpaired) electrons. The fraction of sp³-hybridized carbons (Fsp3) is 0.778. The van der Waals surface area contributed by atoms with E-state index < -0.39 is 0 Å². The number of hydrogen-bond acceptors (Lipinski definition) is 1. The third kappa shape index (κ3) is 2.41. The van der Waals surface area contributed by atoms with Crippen molar-refractivity contribution in [2.75, 3.05) is 7.11 Å². The fourth-order valence-electron chi connectivity index (χ4n) is 0.555. The van der Waals surface area contributed by atoms with Gasteiger partial charge in [0.15, 0.2) is 0 Å². The summed E-state index contributed by atoms with van der Waals surface area (Å²) in [5.41, 5.74) is -0.247. The van der Waals surface area contributed by atoms with Gasteiger partial charge in [-0.3, -0.25) is 0 Å². The van der Waals surface area contributed by atoms with Crippen LogP contribution < -0.4 is 0 Å². The van der Waals surface area contributed by atoms with Gasteiger partial charge in [0.05, 0.1) is 0 Å². The first-order valence-electron chi connectivity index (χ1n) is 3.72. The third-order valence-electron chi connectivity index (χ3n) is 1.66. The maximum absolute atomic E-state index is 5.14. The lowest BCUT2D eigenvalue weighted by Gasteiger charge is -2.13. The maximum atomic E-state index is 5.14. The molecule has 1 nitrogen and oxygen atoms in total. The molecule has 1 aliphatic rings. The van der Waals surface area contributed by atoms with Crippen LogP contribution in [0.15, 0.2) is 0 Å². The van der Waals surface area contributed by atoms with Gasteiger partial charge < -0.3 is 4.74 Å². The standard InChI is InChI=1S/C9H14O/c1-9(2,10-3)7-6-8-4-5-8/h8H,4-5H2,1-3H3. The summed E-state index contributed by atoms with van der Waals surface area (Å²) in [5, 5.41) is 0. The average Bonchev–Trinajstić information content (AvgIpc) is 2.66. The summed E-state index contributed by atoms with van der Waals surface area (Å²) in [6, 6.07) is 0. The van der Waals surface area contributed by atoms with E-state index in [0.717, 1.165) is 0 Å². The van der Waals surface area contributed by atoms with E-state index in [9.17, 15) is 0 Å². The molecule has 0 aromatic heterocycles. The summed E-state index contributed by atoms with van der Waals surface area (Å²) in [4.78, 5) is 0. The zero-order chi connectivity index (χ0) is 7.61. The minimum atomic E-state index is -0.247. The van der Waals surface area contributed by atoms with Crippen molar-refractivity contribution in [3.05, 3.63) is 0 Å². The van der Waals surface area contributed by atoms with Gasteiger partial charge in [-0.25, -0.2) is 0 Å². The van der Waals surface area contributed by atoms with Gasteiger partial charge in [-0.15, -0.1) is 0 Å². The Balaban J connectivity index is 2.42. The molecule has 0 atom stereocenters. The molecule has 0 aliphatic heterocycles. The van der Waals surface area contributed by atoms with Crippen LogP contribution in [0.25, 0.3) is 0 Å². The second kappa shape index (κ2) is 2.64. The van der Waals surface area contributed by atoms with Crippen molar-refractivity contribution < 1.29 is 4.74 Å². The van der Waals surface area contributed by atoms with Crippen LogP contribution in [0.5, 0.6) is 0 Å². The first-order valence-corrected chi connectivity index (χ1v) is 3.72. The van der Waals surface area contributed by atoms with Crippen molar-refractivity contribution in [1.82, 2.24) is 0 Å². The molecule has 0 aromatic rings. The lowest BCUT2D eigenvalue weighted by Crippen LogP contribution is -2.19. The van der Waals surface area contributed by atoms with Gasteiger partial charge >= 0.3 is 0 Å². The van der Waals surface area contributed by atoms with Gasteiger partial charge in [-0.1, -0.05) is 11.8 Å². The lowest BCUT2D eigenvalue weighted by molar-refractivity contribution is 0.0740. The van der Waals surface area contributed by atoms with Crippen molar-refractivity contribution in [3.8, 4) is 11.8 Å². The number of rotatable bonds is 1. The van der Waals surface area contributed by atoms with Crippen molar-refractivity contribution in [2.45, 2.75) is 32.3 Å². The smallest absolute Gasteiger partial charge is 0.122 e. The van der Waals surface area contributed by atoms with E-state index in [1.54, 1.807) is 7.11 Å². The SMILES string of the molecule is COC(C)(C)C#CC1CC1. The van der Waals surface area contributed by atoms with Crippen LogP contribution in [-0.2, 0) is 4.74 Å². The zero-order valence-electron chi connectivity index (χ0n) is 6.90. The maximum Gasteiger partial charge on any atom is 0.122 e. The quantitative estimate of drug-likeness (QED) is 0.502. The summed E-state index contributed by atoms with van der Waals surface area (Å²) < 4.78 is 5.14. The van der Waals surface area contributed by atoms with Gasteiger partial charge in [0.1, 0.15) is 5.60 Å². The Hall–Kier alpha value is -0.480. The minimum absolute atomic E-state index is 0.247. The molecule has 10 heavy (non-hydrogen) atoms. The number of hydrogen-bond donors (Lipinski definition) is 0. The van der Waals surface area contributed by atoms with E-state index in [1.165, 1.54) is 12.8 Å². The van der Waals surface area contributed by atoms with Crippen LogP contribution in [0.2, 0.25) is 0 Å². The second-order valence-corrected chi connectivity index (χ2v) is 3.26. The third-order valence-corrected chi connectivity index (χ3v) is 1.66. The second-order valence-electron chi connectivity index (χ2n) is 3.26. The van der Waals surface area contributed by atoms with Gasteiger partial charge in [-0.05, 0) is 26.7 Å². The van der Waals surface area contributed by atoms with E-state index in [-0.39, 0.29) is 5.60 Å². The summed E-state index contributed by atoms with van der Waals surface area (Å²) in [7, 11) is 1.70. The van der Waals surface area contributed by atoms with Crippen molar-refractivity contribution in [2.24, 2.45) is 5.92 Å². The topological polar surface area (TPSA) is 9.23 Å². The zero-order valence-corrected chi connectivity index (χ0v) is 6.90. The normalized spacial score (nSPS) is 17.9. The van der Waals surface area contributed by atoms with Gasteiger partial charge in [0.25, 0.3) is 0 Å². The molecule has 1 saturated carbocycles. The molecule has 1 aliphatic carbocycles. The summed E-state index contributed by atoms with van der Waals surface area (Å²) in [6.07, 6.45) is 2.57. The molecule has 0 unspecified atom stereocenters. The van der Waals surface area contributed by atoms with Gasteiger partial charge in [0.2, 0.25) is 0 Å². The highest BCUT2D eigenvalue weighted by molar-refractivity contribution is 5.16. The molecule has 1 heteroatoms. The van der Waals surface area contributed by atoms with E-state index in [0.29, 0.717) is 5.92 Å². The van der Waals surface area contributed by atoms with Crippen LogP contribution in [0.4, 0.5) is 0 Å². The van der Waals surface area contributed by atoms with Crippen molar-refractivity contribution in [3.63, 3.8) is 0 Å². The molecule has 1 fully saturated rings. The molecule has 0 amide bonds. The average molecular weight is 138 g/mol. The highest BCUT2D eigenvalue weighted by Gasteiger charge is 2.19. The van der Waals surface area contributed by atoms with Crippen LogP contribution >= 0.6 is 0 Å². The molecular weight excluding hydrogens is 124 g/mol. The highest BCUT2D eigenvalue weighted by Crippen LogP contribution is 2.27. The molecule has 0 N–H and O–H groups in total. The molecule has 0 spiro atoms. The molecule has 0 aromatic carbocycles.